The van der Waals surface area contributed by atoms with Crippen molar-refractivity contribution < 1.29 is 29.6 Å². The Morgan fingerprint density at radius 1 is 1.32 bits per heavy atom. The van der Waals surface area contributed by atoms with Gasteiger partial charge in [0.15, 0.2) is 6.10 Å². The average molecular weight is 294 g/mol. The van der Waals surface area contributed by atoms with Crippen molar-refractivity contribution >= 4 is 17.7 Å². The zero-order valence-electron chi connectivity index (χ0n) is 11.6. The van der Waals surface area contributed by atoms with Crippen molar-refractivity contribution in [2.24, 2.45) is 5.41 Å². The summed E-state index contributed by atoms with van der Waals surface area (Å²) >= 11 is 1.25. The van der Waals surface area contributed by atoms with E-state index in [1.807, 2.05) is 0 Å². The van der Waals surface area contributed by atoms with Crippen molar-refractivity contribution in [3.63, 3.8) is 0 Å². The van der Waals surface area contributed by atoms with Crippen LogP contribution in [0.4, 0.5) is 0 Å². The molecule has 0 amide bonds. The van der Waals surface area contributed by atoms with Crippen LogP contribution in [0.25, 0.3) is 0 Å². The van der Waals surface area contributed by atoms with Gasteiger partial charge in [0.1, 0.15) is 23.7 Å². The van der Waals surface area contributed by atoms with Gasteiger partial charge in [0.25, 0.3) is 0 Å². The van der Waals surface area contributed by atoms with Crippen molar-refractivity contribution in [2.75, 3.05) is 12.9 Å². The predicted octanol–water partition coefficient (Wildman–Crippen LogP) is -0.254. The zero-order valence-corrected chi connectivity index (χ0v) is 12.4. The second kappa shape index (κ2) is 6.41. The van der Waals surface area contributed by atoms with E-state index in [0.717, 1.165) is 0 Å². The molecule has 1 aliphatic rings. The van der Waals surface area contributed by atoms with Crippen molar-refractivity contribution in [2.45, 2.75) is 50.6 Å². The quantitative estimate of drug-likeness (QED) is 0.617. The summed E-state index contributed by atoms with van der Waals surface area (Å²) in [7, 11) is 0. The highest BCUT2D eigenvalue weighted by Gasteiger charge is 2.47. The normalized spacial score (nSPS) is 36.1. The summed E-state index contributed by atoms with van der Waals surface area (Å²) in [5, 5.41) is 28.9. The number of rotatable bonds is 3. The molecule has 0 radical (unpaired) electrons. The zero-order chi connectivity index (χ0) is 14.8. The fraction of sp³-hybridized carbons (Fsp3) is 0.917. The fourth-order valence-corrected chi connectivity index (χ4v) is 2.41. The lowest BCUT2D eigenvalue weighted by atomic mass is 9.96. The van der Waals surface area contributed by atoms with E-state index in [4.69, 9.17) is 14.6 Å². The summed E-state index contributed by atoms with van der Waals surface area (Å²) in [4.78, 5) is 11.9. The summed E-state index contributed by atoms with van der Waals surface area (Å²) in [5.74, 6) is -0.478. The van der Waals surface area contributed by atoms with Gasteiger partial charge in [0, 0.05) is 0 Å². The Hall–Kier alpha value is -0.340. The van der Waals surface area contributed by atoms with Crippen molar-refractivity contribution in [1.82, 2.24) is 0 Å². The SMILES string of the molecule is CS[C@@H]1O[C@H](CO)[C@H](O)[C@H](O)[C@H]1OC(=O)C(C)(C)C. The molecule has 5 atom stereocenters. The van der Waals surface area contributed by atoms with Crippen LogP contribution < -0.4 is 0 Å². The molecule has 0 spiro atoms. The minimum absolute atomic E-state index is 0.408. The number of hydrogen-bond acceptors (Lipinski definition) is 7. The van der Waals surface area contributed by atoms with Gasteiger partial charge in [0.05, 0.1) is 12.0 Å². The molecule has 19 heavy (non-hydrogen) atoms. The summed E-state index contributed by atoms with van der Waals surface area (Å²) in [6.07, 6.45) is -2.67. The Balaban J connectivity index is 2.82. The molecule has 3 N–H and O–H groups in total. The van der Waals surface area contributed by atoms with E-state index < -0.39 is 47.8 Å². The first-order valence-corrected chi connectivity index (χ1v) is 7.37. The van der Waals surface area contributed by atoms with E-state index in [2.05, 4.69) is 0 Å². The van der Waals surface area contributed by atoms with E-state index in [1.165, 1.54) is 11.8 Å². The Morgan fingerprint density at radius 2 is 1.89 bits per heavy atom. The van der Waals surface area contributed by atoms with Gasteiger partial charge >= 0.3 is 5.97 Å². The van der Waals surface area contributed by atoms with Crippen molar-refractivity contribution in [3.8, 4) is 0 Å². The number of carbonyl (C=O) groups excluding carboxylic acids is 1. The van der Waals surface area contributed by atoms with Crippen molar-refractivity contribution in [3.05, 3.63) is 0 Å². The van der Waals surface area contributed by atoms with Crippen LogP contribution in [0, 0.1) is 5.41 Å². The maximum Gasteiger partial charge on any atom is 0.311 e. The summed E-state index contributed by atoms with van der Waals surface area (Å²) in [6.45, 7) is 4.70. The molecule has 0 saturated carbocycles. The molecule has 0 unspecified atom stereocenters. The minimum atomic E-state index is -1.29. The van der Waals surface area contributed by atoms with Crippen LogP contribution in [0.2, 0.25) is 0 Å². The summed E-state index contributed by atoms with van der Waals surface area (Å²) in [5.41, 5.74) is -1.33. The maximum atomic E-state index is 11.9. The highest BCUT2D eigenvalue weighted by molar-refractivity contribution is 7.99. The van der Waals surface area contributed by atoms with E-state index in [0.29, 0.717) is 0 Å². The van der Waals surface area contributed by atoms with Gasteiger partial charge in [-0.1, -0.05) is 0 Å². The first kappa shape index (κ1) is 16.7. The van der Waals surface area contributed by atoms with Gasteiger partial charge in [-0.15, -0.1) is 11.8 Å². The van der Waals surface area contributed by atoms with Gasteiger partial charge in [-0.2, -0.15) is 0 Å². The topological polar surface area (TPSA) is 96.2 Å². The number of thioether (sulfide) groups is 1. The third-order valence-corrected chi connectivity index (χ3v) is 3.76. The first-order chi connectivity index (χ1) is 8.72. The van der Waals surface area contributed by atoms with Gasteiger partial charge in [-0.3, -0.25) is 4.79 Å². The molecule has 0 aromatic heterocycles. The van der Waals surface area contributed by atoms with E-state index >= 15 is 0 Å². The lowest BCUT2D eigenvalue weighted by Crippen LogP contribution is -2.59. The van der Waals surface area contributed by atoms with E-state index in [1.54, 1.807) is 27.0 Å². The summed E-state index contributed by atoms with van der Waals surface area (Å²) in [6, 6.07) is 0. The number of hydrogen-bond donors (Lipinski definition) is 3. The molecular formula is C12H22O6S. The van der Waals surface area contributed by atoms with Crippen LogP contribution in [0.15, 0.2) is 0 Å². The second-order valence-corrected chi connectivity index (χ2v) is 6.50. The molecule has 1 heterocycles. The van der Waals surface area contributed by atoms with Gasteiger partial charge in [-0.05, 0) is 27.0 Å². The van der Waals surface area contributed by atoms with Gasteiger partial charge < -0.3 is 24.8 Å². The summed E-state index contributed by atoms with van der Waals surface area (Å²) < 4.78 is 10.7. The molecule has 1 saturated heterocycles. The van der Waals surface area contributed by atoms with E-state index in [9.17, 15) is 15.0 Å². The Morgan fingerprint density at radius 3 is 2.32 bits per heavy atom. The molecule has 6 nitrogen and oxygen atoms in total. The monoisotopic (exact) mass is 294 g/mol. The third kappa shape index (κ3) is 3.82. The number of esters is 1. The molecule has 7 heteroatoms. The van der Waals surface area contributed by atoms with Crippen LogP contribution in [-0.4, -0.2) is 64.0 Å². The Bertz CT molecular complexity index is 314. The van der Waals surface area contributed by atoms with Crippen LogP contribution in [0.3, 0.4) is 0 Å². The number of aliphatic hydroxyl groups is 3. The first-order valence-electron chi connectivity index (χ1n) is 6.08. The molecule has 112 valence electrons. The maximum absolute atomic E-state index is 11.9. The average Bonchev–Trinajstić information content (AvgIpc) is 2.34. The number of carbonyl (C=O) groups is 1. The molecule has 0 aliphatic carbocycles. The lowest BCUT2D eigenvalue weighted by Gasteiger charge is -2.41. The van der Waals surface area contributed by atoms with Crippen LogP contribution in [0.5, 0.6) is 0 Å². The number of ether oxygens (including phenoxy) is 2. The molecule has 0 bridgehead atoms. The highest BCUT2D eigenvalue weighted by Crippen LogP contribution is 2.30. The number of aliphatic hydroxyl groups excluding tert-OH is 3. The molecule has 0 aromatic carbocycles. The minimum Gasteiger partial charge on any atom is -0.455 e. The van der Waals surface area contributed by atoms with Crippen LogP contribution >= 0.6 is 11.8 Å². The van der Waals surface area contributed by atoms with Gasteiger partial charge in [0.2, 0.25) is 0 Å². The molecular weight excluding hydrogens is 272 g/mol. The standard InChI is InChI=1S/C12H22O6S/c1-12(2,3)11(16)18-9-8(15)7(14)6(5-13)17-10(9)19-4/h6-10,13-15H,5H2,1-4H3/t6-,7+,8+,9-,10+/m1/s1. The highest BCUT2D eigenvalue weighted by atomic mass is 32.2. The molecule has 1 rings (SSSR count). The smallest absolute Gasteiger partial charge is 0.311 e. The van der Waals surface area contributed by atoms with Gasteiger partial charge in [-0.25, -0.2) is 0 Å². The third-order valence-electron chi connectivity index (χ3n) is 2.91. The fourth-order valence-electron chi connectivity index (χ4n) is 1.67. The predicted molar refractivity (Wildman–Crippen MR) is 70.6 cm³/mol. The van der Waals surface area contributed by atoms with Crippen LogP contribution in [-0.2, 0) is 14.3 Å². The Kier molecular flexibility index (Phi) is 5.64. The van der Waals surface area contributed by atoms with Crippen molar-refractivity contribution in [1.29, 1.82) is 0 Å². The molecule has 1 fully saturated rings. The largest absolute Gasteiger partial charge is 0.455 e. The second-order valence-electron chi connectivity index (χ2n) is 5.56. The molecule has 0 aromatic rings. The van der Waals surface area contributed by atoms with E-state index in [-0.39, 0.29) is 0 Å². The lowest BCUT2D eigenvalue weighted by molar-refractivity contribution is -0.222. The van der Waals surface area contributed by atoms with Crippen LogP contribution in [0.1, 0.15) is 20.8 Å². The molecule has 1 aliphatic heterocycles. The Labute approximate surface area is 117 Å².